The van der Waals surface area contributed by atoms with Crippen LogP contribution < -0.4 is 0 Å². The maximum absolute atomic E-state index is 12.2. The van der Waals surface area contributed by atoms with E-state index in [1.165, 1.54) is 0 Å². The van der Waals surface area contributed by atoms with Gasteiger partial charge in [0.2, 0.25) is 0 Å². The molecule has 0 saturated carbocycles. The summed E-state index contributed by atoms with van der Waals surface area (Å²) in [6, 6.07) is 0.101. The lowest BCUT2D eigenvalue weighted by Crippen LogP contribution is -2.45. The SMILES string of the molecule is C[C@@H]1Cc2nn(C)c(Br)c2CN1C(=O)OC(C)(C)C. The van der Waals surface area contributed by atoms with Crippen LogP contribution in [0.15, 0.2) is 4.60 Å². The average molecular weight is 330 g/mol. The Balaban J connectivity index is 2.21. The predicted molar refractivity (Wildman–Crippen MR) is 75.9 cm³/mol. The number of carbonyl (C=O) groups excluding carboxylic acids is 1. The quantitative estimate of drug-likeness (QED) is 0.735. The van der Waals surface area contributed by atoms with Gasteiger partial charge >= 0.3 is 6.09 Å². The summed E-state index contributed by atoms with van der Waals surface area (Å²) < 4.78 is 8.19. The van der Waals surface area contributed by atoms with Crippen molar-refractivity contribution in [2.24, 2.45) is 7.05 Å². The predicted octanol–water partition coefficient (Wildman–Crippen LogP) is 2.86. The third-order valence-corrected chi connectivity index (χ3v) is 4.12. The Labute approximate surface area is 122 Å². The van der Waals surface area contributed by atoms with Crippen LogP contribution in [0.25, 0.3) is 0 Å². The molecule has 0 radical (unpaired) electrons. The molecule has 1 aliphatic rings. The molecule has 106 valence electrons. The monoisotopic (exact) mass is 329 g/mol. The smallest absolute Gasteiger partial charge is 0.410 e. The number of nitrogens with zero attached hydrogens (tertiary/aromatic N) is 3. The highest BCUT2D eigenvalue weighted by molar-refractivity contribution is 9.10. The number of amides is 1. The maximum atomic E-state index is 12.2. The van der Waals surface area contributed by atoms with E-state index in [1.54, 1.807) is 9.58 Å². The van der Waals surface area contributed by atoms with Crippen molar-refractivity contribution in [2.45, 2.75) is 52.3 Å². The minimum atomic E-state index is -0.469. The number of halogens is 1. The van der Waals surface area contributed by atoms with Gasteiger partial charge in [-0.2, -0.15) is 5.10 Å². The molecule has 0 N–H and O–H groups in total. The molecule has 19 heavy (non-hydrogen) atoms. The topological polar surface area (TPSA) is 47.4 Å². The molecule has 1 aromatic rings. The fourth-order valence-electron chi connectivity index (χ4n) is 2.20. The van der Waals surface area contributed by atoms with Crippen LogP contribution in [-0.2, 0) is 24.8 Å². The lowest BCUT2D eigenvalue weighted by molar-refractivity contribution is 0.0137. The first kappa shape index (κ1) is 14.4. The lowest BCUT2D eigenvalue weighted by Gasteiger charge is -2.34. The number of carbonyl (C=O) groups is 1. The van der Waals surface area contributed by atoms with Gasteiger partial charge in [-0.25, -0.2) is 4.79 Å². The molecular weight excluding hydrogens is 310 g/mol. The molecule has 6 heteroatoms. The number of aromatic nitrogens is 2. The zero-order chi connectivity index (χ0) is 14.4. The third kappa shape index (κ3) is 2.94. The molecule has 0 fully saturated rings. The van der Waals surface area contributed by atoms with E-state index in [-0.39, 0.29) is 12.1 Å². The Morgan fingerprint density at radius 3 is 2.68 bits per heavy atom. The lowest BCUT2D eigenvalue weighted by atomic mass is 10.0. The van der Waals surface area contributed by atoms with Crippen molar-refractivity contribution in [3.63, 3.8) is 0 Å². The third-order valence-electron chi connectivity index (χ3n) is 3.13. The van der Waals surface area contributed by atoms with Crippen LogP contribution in [0.4, 0.5) is 4.79 Å². The van der Waals surface area contributed by atoms with Crippen molar-refractivity contribution >= 4 is 22.0 Å². The van der Waals surface area contributed by atoms with E-state index in [9.17, 15) is 4.79 Å². The van der Waals surface area contributed by atoms with Gasteiger partial charge in [0, 0.05) is 25.1 Å². The van der Waals surface area contributed by atoms with Gasteiger partial charge in [0.1, 0.15) is 10.2 Å². The van der Waals surface area contributed by atoms with E-state index < -0.39 is 5.60 Å². The van der Waals surface area contributed by atoms with Gasteiger partial charge in [-0.3, -0.25) is 4.68 Å². The van der Waals surface area contributed by atoms with Crippen LogP contribution in [0.3, 0.4) is 0 Å². The highest BCUT2D eigenvalue weighted by atomic mass is 79.9. The van der Waals surface area contributed by atoms with Crippen LogP contribution in [0.5, 0.6) is 0 Å². The van der Waals surface area contributed by atoms with Crippen molar-refractivity contribution in [2.75, 3.05) is 0 Å². The summed E-state index contributed by atoms with van der Waals surface area (Å²) >= 11 is 3.52. The van der Waals surface area contributed by atoms with Gasteiger partial charge in [-0.15, -0.1) is 0 Å². The van der Waals surface area contributed by atoms with Crippen LogP contribution in [0.1, 0.15) is 39.0 Å². The highest BCUT2D eigenvalue weighted by Gasteiger charge is 2.33. The maximum Gasteiger partial charge on any atom is 0.410 e. The van der Waals surface area contributed by atoms with Crippen LogP contribution in [0.2, 0.25) is 0 Å². The van der Waals surface area contributed by atoms with Crippen LogP contribution in [0, 0.1) is 0 Å². The molecule has 1 aromatic heterocycles. The first-order valence-electron chi connectivity index (χ1n) is 6.39. The zero-order valence-corrected chi connectivity index (χ0v) is 13.6. The summed E-state index contributed by atoms with van der Waals surface area (Å²) in [6.07, 6.45) is 0.495. The summed E-state index contributed by atoms with van der Waals surface area (Å²) in [5.74, 6) is 0. The molecule has 1 amide bonds. The van der Waals surface area contributed by atoms with Crippen LogP contribution in [-0.4, -0.2) is 32.4 Å². The number of hydrogen-bond donors (Lipinski definition) is 0. The average Bonchev–Trinajstić information content (AvgIpc) is 2.50. The Kier molecular flexibility index (Phi) is 3.64. The number of ether oxygens (including phenoxy) is 1. The van der Waals surface area contributed by atoms with Crippen molar-refractivity contribution in [3.05, 3.63) is 15.9 Å². The largest absolute Gasteiger partial charge is 0.444 e. The number of aryl methyl sites for hydroxylation is 1. The fourth-order valence-corrected chi connectivity index (χ4v) is 2.63. The van der Waals surface area contributed by atoms with Gasteiger partial charge in [0.25, 0.3) is 0 Å². The Morgan fingerprint density at radius 2 is 2.11 bits per heavy atom. The van der Waals surface area contributed by atoms with E-state index in [2.05, 4.69) is 21.0 Å². The van der Waals surface area contributed by atoms with Gasteiger partial charge in [-0.05, 0) is 43.6 Å². The molecule has 0 aliphatic carbocycles. The minimum Gasteiger partial charge on any atom is -0.444 e. The molecular formula is C13H20BrN3O2. The summed E-state index contributed by atoms with van der Waals surface area (Å²) in [6.45, 7) is 8.20. The molecule has 1 atom stereocenters. The first-order chi connectivity index (χ1) is 8.69. The normalized spacial score (nSPS) is 19.3. The van der Waals surface area contributed by atoms with Gasteiger partial charge in [0.15, 0.2) is 0 Å². The van der Waals surface area contributed by atoms with E-state index in [0.717, 1.165) is 22.3 Å². The van der Waals surface area contributed by atoms with Crippen molar-refractivity contribution in [1.82, 2.24) is 14.7 Å². The first-order valence-corrected chi connectivity index (χ1v) is 7.18. The molecule has 0 bridgehead atoms. The Morgan fingerprint density at radius 1 is 1.47 bits per heavy atom. The second-order valence-electron chi connectivity index (χ2n) is 6.00. The van der Waals surface area contributed by atoms with Gasteiger partial charge in [0.05, 0.1) is 12.2 Å². The molecule has 2 heterocycles. The minimum absolute atomic E-state index is 0.101. The van der Waals surface area contributed by atoms with Gasteiger partial charge < -0.3 is 9.64 Å². The van der Waals surface area contributed by atoms with E-state index in [0.29, 0.717) is 6.54 Å². The number of hydrogen-bond acceptors (Lipinski definition) is 3. The zero-order valence-electron chi connectivity index (χ0n) is 12.0. The number of fused-ring (bicyclic) bond motifs is 1. The number of rotatable bonds is 0. The second kappa shape index (κ2) is 4.81. The Bertz CT molecular complexity index is 505. The molecule has 2 rings (SSSR count). The van der Waals surface area contributed by atoms with Gasteiger partial charge in [-0.1, -0.05) is 0 Å². The van der Waals surface area contributed by atoms with Crippen molar-refractivity contribution in [3.8, 4) is 0 Å². The summed E-state index contributed by atoms with van der Waals surface area (Å²) in [4.78, 5) is 14.0. The molecule has 1 aliphatic heterocycles. The molecule has 0 unspecified atom stereocenters. The molecule has 0 saturated heterocycles. The van der Waals surface area contributed by atoms with E-state index in [4.69, 9.17) is 4.74 Å². The van der Waals surface area contributed by atoms with Crippen LogP contribution >= 0.6 is 15.9 Å². The van der Waals surface area contributed by atoms with Crippen molar-refractivity contribution in [1.29, 1.82) is 0 Å². The highest BCUT2D eigenvalue weighted by Crippen LogP contribution is 2.29. The molecule has 5 nitrogen and oxygen atoms in total. The molecule has 0 aromatic carbocycles. The second-order valence-corrected chi connectivity index (χ2v) is 6.75. The van der Waals surface area contributed by atoms with E-state index in [1.807, 2.05) is 34.7 Å². The molecule has 0 spiro atoms. The van der Waals surface area contributed by atoms with Crippen molar-refractivity contribution < 1.29 is 9.53 Å². The standard InChI is InChI=1S/C13H20BrN3O2/c1-8-6-10-9(11(14)16(5)15-10)7-17(8)12(18)19-13(2,3)4/h8H,6-7H2,1-5H3/t8-/m1/s1. The summed E-state index contributed by atoms with van der Waals surface area (Å²) in [7, 11) is 1.89. The Hall–Kier alpha value is -1.04. The van der Waals surface area contributed by atoms with E-state index >= 15 is 0 Å². The fraction of sp³-hybridized carbons (Fsp3) is 0.692. The summed E-state index contributed by atoms with van der Waals surface area (Å²) in [5, 5.41) is 4.46. The summed E-state index contributed by atoms with van der Waals surface area (Å²) in [5.41, 5.74) is 1.66.